The quantitative estimate of drug-likeness (QED) is 0.765. The standard InChI is InChI=1S/C6H8I2N2/c1-3(2)4-5(7)10-6(8)9-4/h3H,1-2H3,(H,9,10). The number of nitrogens with zero attached hydrogens (tertiary/aromatic N) is 1. The number of aromatic nitrogens is 2. The van der Waals surface area contributed by atoms with Crippen LogP contribution < -0.4 is 0 Å². The number of imidazole rings is 1. The Balaban J connectivity index is 3.03. The van der Waals surface area contributed by atoms with Crippen molar-refractivity contribution in [2.45, 2.75) is 19.8 Å². The maximum atomic E-state index is 4.33. The van der Waals surface area contributed by atoms with Crippen LogP contribution in [0.4, 0.5) is 0 Å². The fourth-order valence-corrected chi connectivity index (χ4v) is 2.76. The van der Waals surface area contributed by atoms with Gasteiger partial charge in [-0.2, -0.15) is 0 Å². The topological polar surface area (TPSA) is 28.7 Å². The zero-order valence-electron chi connectivity index (χ0n) is 5.78. The van der Waals surface area contributed by atoms with Crippen LogP contribution in [-0.2, 0) is 0 Å². The van der Waals surface area contributed by atoms with Crippen molar-refractivity contribution in [2.24, 2.45) is 0 Å². The van der Waals surface area contributed by atoms with Crippen LogP contribution in [0.3, 0.4) is 0 Å². The van der Waals surface area contributed by atoms with E-state index in [2.05, 4.69) is 69.0 Å². The van der Waals surface area contributed by atoms with E-state index in [4.69, 9.17) is 0 Å². The summed E-state index contributed by atoms with van der Waals surface area (Å²) in [6.45, 7) is 4.29. The highest BCUT2D eigenvalue weighted by molar-refractivity contribution is 14.1. The van der Waals surface area contributed by atoms with Gasteiger partial charge in [0.15, 0.2) is 3.83 Å². The van der Waals surface area contributed by atoms with Gasteiger partial charge in [-0.3, -0.25) is 0 Å². The lowest BCUT2D eigenvalue weighted by Crippen LogP contribution is -1.89. The number of nitrogens with one attached hydrogen (secondary N) is 1. The minimum atomic E-state index is 0.520. The summed E-state index contributed by atoms with van der Waals surface area (Å²) >= 11 is 4.46. The highest BCUT2D eigenvalue weighted by Crippen LogP contribution is 2.18. The summed E-state index contributed by atoms with van der Waals surface area (Å²) in [6, 6.07) is 0. The summed E-state index contributed by atoms with van der Waals surface area (Å²) in [7, 11) is 0. The van der Waals surface area contributed by atoms with E-state index in [1.165, 1.54) is 5.69 Å². The van der Waals surface area contributed by atoms with Gasteiger partial charge >= 0.3 is 0 Å². The lowest BCUT2D eigenvalue weighted by atomic mass is 10.2. The van der Waals surface area contributed by atoms with E-state index in [9.17, 15) is 0 Å². The first kappa shape index (κ1) is 8.76. The van der Waals surface area contributed by atoms with Crippen molar-refractivity contribution < 1.29 is 0 Å². The summed E-state index contributed by atoms with van der Waals surface area (Å²) in [6.07, 6.45) is 0. The fraction of sp³-hybridized carbons (Fsp3) is 0.500. The molecule has 1 aromatic rings. The molecule has 2 nitrogen and oxygen atoms in total. The fourth-order valence-electron chi connectivity index (χ4n) is 0.720. The van der Waals surface area contributed by atoms with Gasteiger partial charge in [0.2, 0.25) is 0 Å². The maximum Gasteiger partial charge on any atom is 0.169 e. The molecule has 0 aliphatic rings. The van der Waals surface area contributed by atoms with Crippen molar-refractivity contribution in [3.63, 3.8) is 0 Å². The Morgan fingerprint density at radius 1 is 1.40 bits per heavy atom. The number of rotatable bonds is 1. The first-order chi connectivity index (χ1) is 4.61. The van der Waals surface area contributed by atoms with E-state index in [0.29, 0.717) is 5.92 Å². The summed E-state index contributed by atoms with van der Waals surface area (Å²) in [4.78, 5) is 7.48. The molecular weight excluding hydrogens is 354 g/mol. The molecule has 1 rings (SSSR count). The minimum absolute atomic E-state index is 0.520. The molecule has 1 heterocycles. The lowest BCUT2D eigenvalue weighted by Gasteiger charge is -1.97. The molecule has 0 amide bonds. The van der Waals surface area contributed by atoms with Crippen LogP contribution in [0.15, 0.2) is 0 Å². The van der Waals surface area contributed by atoms with E-state index in [0.717, 1.165) is 7.53 Å². The second-order valence-electron chi connectivity index (χ2n) is 2.38. The van der Waals surface area contributed by atoms with Crippen molar-refractivity contribution in [2.75, 3.05) is 0 Å². The molecule has 56 valence electrons. The molecule has 0 unspecified atom stereocenters. The van der Waals surface area contributed by atoms with Gasteiger partial charge in [0.25, 0.3) is 0 Å². The third kappa shape index (κ3) is 1.84. The smallest absolute Gasteiger partial charge is 0.169 e. The Bertz CT molecular complexity index is 230. The second-order valence-corrected chi connectivity index (χ2v) is 4.48. The number of hydrogen-bond acceptors (Lipinski definition) is 1. The van der Waals surface area contributed by atoms with Gasteiger partial charge in [-0.05, 0) is 51.1 Å². The molecular formula is C6H8I2N2. The Morgan fingerprint density at radius 2 is 2.00 bits per heavy atom. The summed E-state index contributed by atoms with van der Waals surface area (Å²) in [5.74, 6) is 0.520. The lowest BCUT2D eigenvalue weighted by molar-refractivity contribution is 0.824. The zero-order valence-corrected chi connectivity index (χ0v) is 10.1. The summed E-state index contributed by atoms with van der Waals surface area (Å²) in [5, 5.41) is 0. The molecule has 10 heavy (non-hydrogen) atoms. The van der Waals surface area contributed by atoms with Crippen molar-refractivity contribution in [1.29, 1.82) is 0 Å². The Labute approximate surface area is 87.5 Å². The Hall–Kier alpha value is 0.670. The maximum absolute atomic E-state index is 4.33. The van der Waals surface area contributed by atoms with E-state index < -0.39 is 0 Å². The van der Waals surface area contributed by atoms with Crippen LogP contribution >= 0.6 is 45.2 Å². The van der Waals surface area contributed by atoms with Gasteiger partial charge in [0.05, 0.1) is 5.69 Å². The molecule has 0 spiro atoms. The average molecular weight is 362 g/mol. The first-order valence-corrected chi connectivity index (χ1v) is 5.18. The number of hydrogen-bond donors (Lipinski definition) is 1. The number of halogens is 2. The van der Waals surface area contributed by atoms with Crippen LogP contribution in [0.25, 0.3) is 0 Å². The predicted molar refractivity (Wildman–Crippen MR) is 58.1 cm³/mol. The molecule has 1 aromatic heterocycles. The third-order valence-electron chi connectivity index (χ3n) is 1.20. The monoisotopic (exact) mass is 362 g/mol. The highest BCUT2D eigenvalue weighted by Gasteiger charge is 2.08. The van der Waals surface area contributed by atoms with Crippen LogP contribution in [0.2, 0.25) is 0 Å². The molecule has 0 aliphatic carbocycles. The van der Waals surface area contributed by atoms with Crippen molar-refractivity contribution >= 4 is 45.2 Å². The summed E-state index contributed by atoms with van der Waals surface area (Å²) in [5.41, 5.74) is 1.17. The molecule has 0 aliphatic heterocycles. The van der Waals surface area contributed by atoms with Crippen LogP contribution in [0, 0.1) is 7.53 Å². The van der Waals surface area contributed by atoms with E-state index >= 15 is 0 Å². The summed E-state index contributed by atoms with van der Waals surface area (Å²) < 4.78 is 2.14. The largest absolute Gasteiger partial charge is 0.329 e. The van der Waals surface area contributed by atoms with E-state index in [-0.39, 0.29) is 0 Å². The van der Waals surface area contributed by atoms with Gasteiger partial charge in [-0.1, -0.05) is 13.8 Å². The molecule has 4 heteroatoms. The first-order valence-electron chi connectivity index (χ1n) is 3.02. The molecule has 0 aromatic carbocycles. The normalized spacial score (nSPS) is 10.9. The van der Waals surface area contributed by atoms with Gasteiger partial charge in [0.1, 0.15) is 3.70 Å². The van der Waals surface area contributed by atoms with Crippen molar-refractivity contribution in [3.8, 4) is 0 Å². The average Bonchev–Trinajstić information content (AvgIpc) is 2.10. The molecule has 0 bridgehead atoms. The van der Waals surface area contributed by atoms with Crippen LogP contribution in [-0.4, -0.2) is 9.97 Å². The van der Waals surface area contributed by atoms with Gasteiger partial charge in [-0.25, -0.2) is 4.98 Å². The Morgan fingerprint density at radius 3 is 2.20 bits per heavy atom. The van der Waals surface area contributed by atoms with E-state index in [1.807, 2.05) is 0 Å². The van der Waals surface area contributed by atoms with Crippen LogP contribution in [0.1, 0.15) is 25.5 Å². The molecule has 0 saturated heterocycles. The van der Waals surface area contributed by atoms with Crippen LogP contribution in [0.5, 0.6) is 0 Å². The number of H-pyrrole nitrogens is 1. The molecule has 0 fully saturated rings. The van der Waals surface area contributed by atoms with E-state index in [1.54, 1.807) is 0 Å². The minimum Gasteiger partial charge on any atom is -0.329 e. The SMILES string of the molecule is CC(C)c1nc(I)[nH]c1I. The van der Waals surface area contributed by atoms with Gasteiger partial charge in [0, 0.05) is 0 Å². The van der Waals surface area contributed by atoms with Crippen molar-refractivity contribution in [1.82, 2.24) is 9.97 Å². The number of aromatic amines is 1. The molecule has 0 radical (unpaired) electrons. The van der Waals surface area contributed by atoms with Gasteiger partial charge < -0.3 is 4.98 Å². The molecule has 0 saturated carbocycles. The van der Waals surface area contributed by atoms with Gasteiger partial charge in [-0.15, -0.1) is 0 Å². The second kappa shape index (κ2) is 3.38. The van der Waals surface area contributed by atoms with Crippen molar-refractivity contribution in [3.05, 3.63) is 13.2 Å². The predicted octanol–water partition coefficient (Wildman–Crippen LogP) is 2.74. The highest BCUT2D eigenvalue weighted by atomic mass is 127. The molecule has 1 N–H and O–H groups in total. The third-order valence-corrected chi connectivity index (χ3v) is 2.54. The zero-order chi connectivity index (χ0) is 7.72. The Kier molecular flexibility index (Phi) is 2.96. The molecule has 0 atom stereocenters.